The molecule has 0 aliphatic heterocycles. The van der Waals surface area contributed by atoms with E-state index in [0.717, 1.165) is 13.0 Å². The second kappa shape index (κ2) is 7.46. The van der Waals surface area contributed by atoms with E-state index >= 15 is 0 Å². The number of nitrogens with two attached hydrogens (primary N) is 1. The Morgan fingerprint density at radius 1 is 1.28 bits per heavy atom. The summed E-state index contributed by atoms with van der Waals surface area (Å²) >= 11 is 0. The molecule has 0 saturated heterocycles. The molecule has 0 aliphatic rings. The third-order valence-electron chi connectivity index (χ3n) is 3.14. The fourth-order valence-electron chi connectivity index (χ4n) is 2.33. The number of hydrogen-bond donors (Lipinski definition) is 2. The Balaban J connectivity index is 2.94. The average Bonchev–Trinajstić information content (AvgIpc) is 2.34. The van der Waals surface area contributed by atoms with E-state index in [0.29, 0.717) is 6.04 Å². The Labute approximate surface area is 110 Å². The van der Waals surface area contributed by atoms with Crippen LogP contribution in [-0.2, 0) is 0 Å². The fraction of sp³-hybridized carbons (Fsp3) is 0.643. The summed E-state index contributed by atoms with van der Waals surface area (Å²) in [6.45, 7) is 7.41. The molecule has 1 heterocycles. The number of aliphatic hydroxyl groups is 1. The summed E-state index contributed by atoms with van der Waals surface area (Å²) in [4.78, 5) is 6.40. The number of rotatable bonds is 7. The molecule has 1 aromatic heterocycles. The summed E-state index contributed by atoms with van der Waals surface area (Å²) in [5.74, 6) is 0. The zero-order chi connectivity index (χ0) is 13.5. The van der Waals surface area contributed by atoms with Crippen LogP contribution >= 0.6 is 0 Å². The Morgan fingerprint density at radius 2 is 1.89 bits per heavy atom. The number of aromatic nitrogens is 1. The van der Waals surface area contributed by atoms with Crippen molar-refractivity contribution >= 4 is 0 Å². The molecule has 0 amide bonds. The van der Waals surface area contributed by atoms with Crippen molar-refractivity contribution in [2.45, 2.75) is 45.3 Å². The van der Waals surface area contributed by atoms with Crippen molar-refractivity contribution in [3.8, 4) is 0 Å². The summed E-state index contributed by atoms with van der Waals surface area (Å²) < 4.78 is 0. The average molecular weight is 251 g/mol. The van der Waals surface area contributed by atoms with Crippen LogP contribution in [0.2, 0.25) is 0 Å². The van der Waals surface area contributed by atoms with Gasteiger partial charge in [0, 0.05) is 43.7 Å². The molecule has 4 heteroatoms. The fourth-order valence-corrected chi connectivity index (χ4v) is 2.33. The van der Waals surface area contributed by atoms with Gasteiger partial charge < -0.3 is 10.8 Å². The normalized spacial score (nSPS) is 15.1. The highest BCUT2D eigenvalue weighted by Crippen LogP contribution is 2.25. The molecule has 2 atom stereocenters. The van der Waals surface area contributed by atoms with Crippen molar-refractivity contribution in [3.63, 3.8) is 0 Å². The molecule has 0 saturated carbocycles. The van der Waals surface area contributed by atoms with Crippen molar-refractivity contribution in [2.24, 2.45) is 5.73 Å². The van der Waals surface area contributed by atoms with E-state index in [1.807, 2.05) is 19.1 Å². The molecular weight excluding hydrogens is 226 g/mol. The molecule has 0 radical (unpaired) electrons. The number of pyridine rings is 1. The van der Waals surface area contributed by atoms with Gasteiger partial charge in [-0.05, 0) is 44.9 Å². The van der Waals surface area contributed by atoms with E-state index < -0.39 is 0 Å². The molecule has 0 fully saturated rings. The van der Waals surface area contributed by atoms with Gasteiger partial charge in [-0.3, -0.25) is 9.88 Å². The number of nitrogens with zero attached hydrogens (tertiary/aromatic N) is 2. The highest BCUT2D eigenvalue weighted by atomic mass is 16.3. The Bertz CT molecular complexity index is 327. The molecule has 0 spiro atoms. The van der Waals surface area contributed by atoms with Crippen molar-refractivity contribution < 1.29 is 5.11 Å². The molecule has 4 nitrogen and oxygen atoms in total. The third-order valence-corrected chi connectivity index (χ3v) is 3.14. The van der Waals surface area contributed by atoms with Gasteiger partial charge in [0.1, 0.15) is 0 Å². The number of hydrogen-bond acceptors (Lipinski definition) is 4. The molecule has 2 unspecified atom stereocenters. The maximum Gasteiger partial charge on any atom is 0.0500 e. The SMILES string of the molecule is CC(N)C(c1ccncc1)N(CCCO)C(C)C. The molecule has 102 valence electrons. The van der Waals surface area contributed by atoms with Crippen LogP contribution in [0.1, 0.15) is 38.8 Å². The topological polar surface area (TPSA) is 62.4 Å². The largest absolute Gasteiger partial charge is 0.396 e. The van der Waals surface area contributed by atoms with Crippen LogP contribution in [-0.4, -0.2) is 40.2 Å². The van der Waals surface area contributed by atoms with Crippen LogP contribution in [0.15, 0.2) is 24.5 Å². The van der Waals surface area contributed by atoms with Crippen LogP contribution in [0.3, 0.4) is 0 Å². The van der Waals surface area contributed by atoms with Crippen LogP contribution in [0.5, 0.6) is 0 Å². The van der Waals surface area contributed by atoms with Gasteiger partial charge in [-0.2, -0.15) is 0 Å². The maximum absolute atomic E-state index is 9.02. The minimum Gasteiger partial charge on any atom is -0.396 e. The second-order valence-corrected chi connectivity index (χ2v) is 4.99. The van der Waals surface area contributed by atoms with E-state index in [2.05, 4.69) is 23.7 Å². The first-order valence-electron chi connectivity index (χ1n) is 6.60. The van der Waals surface area contributed by atoms with Crippen LogP contribution in [0.25, 0.3) is 0 Å². The van der Waals surface area contributed by atoms with Gasteiger partial charge in [-0.15, -0.1) is 0 Å². The summed E-state index contributed by atoms with van der Waals surface area (Å²) in [6.07, 6.45) is 4.37. The molecule has 18 heavy (non-hydrogen) atoms. The van der Waals surface area contributed by atoms with Gasteiger partial charge in [-0.25, -0.2) is 0 Å². The minimum atomic E-state index is 0.0356. The lowest BCUT2D eigenvalue weighted by molar-refractivity contribution is 0.123. The van der Waals surface area contributed by atoms with Gasteiger partial charge in [0.15, 0.2) is 0 Å². The van der Waals surface area contributed by atoms with Crippen molar-refractivity contribution in [3.05, 3.63) is 30.1 Å². The Morgan fingerprint density at radius 3 is 2.33 bits per heavy atom. The summed E-state index contributed by atoms with van der Waals surface area (Å²) in [5.41, 5.74) is 7.34. The Hall–Kier alpha value is -0.970. The summed E-state index contributed by atoms with van der Waals surface area (Å²) in [7, 11) is 0. The zero-order valence-corrected chi connectivity index (χ0v) is 11.6. The van der Waals surface area contributed by atoms with Crippen molar-refractivity contribution in [2.75, 3.05) is 13.2 Å². The van der Waals surface area contributed by atoms with E-state index in [9.17, 15) is 0 Å². The molecule has 0 aliphatic carbocycles. The van der Waals surface area contributed by atoms with Gasteiger partial charge in [-0.1, -0.05) is 0 Å². The predicted octanol–water partition coefficient (Wildman–Crippen LogP) is 1.56. The molecule has 1 aromatic rings. The first kappa shape index (κ1) is 15.1. The van der Waals surface area contributed by atoms with Gasteiger partial charge >= 0.3 is 0 Å². The quantitative estimate of drug-likeness (QED) is 0.772. The van der Waals surface area contributed by atoms with E-state index in [-0.39, 0.29) is 18.7 Å². The summed E-state index contributed by atoms with van der Waals surface area (Å²) in [5, 5.41) is 9.02. The lowest BCUT2D eigenvalue weighted by Gasteiger charge is -2.37. The summed E-state index contributed by atoms with van der Waals surface area (Å²) in [6, 6.07) is 4.62. The monoisotopic (exact) mass is 251 g/mol. The van der Waals surface area contributed by atoms with E-state index in [1.54, 1.807) is 12.4 Å². The molecule has 1 rings (SSSR count). The predicted molar refractivity (Wildman–Crippen MR) is 74.2 cm³/mol. The second-order valence-electron chi connectivity index (χ2n) is 4.99. The van der Waals surface area contributed by atoms with Gasteiger partial charge in [0.05, 0.1) is 0 Å². The van der Waals surface area contributed by atoms with Crippen LogP contribution in [0, 0.1) is 0 Å². The minimum absolute atomic E-state index is 0.0356. The smallest absolute Gasteiger partial charge is 0.0500 e. The van der Waals surface area contributed by atoms with Crippen LogP contribution in [0.4, 0.5) is 0 Å². The van der Waals surface area contributed by atoms with Gasteiger partial charge in [0.25, 0.3) is 0 Å². The number of aliphatic hydroxyl groups excluding tert-OH is 1. The van der Waals surface area contributed by atoms with Gasteiger partial charge in [0.2, 0.25) is 0 Å². The van der Waals surface area contributed by atoms with Crippen molar-refractivity contribution in [1.82, 2.24) is 9.88 Å². The molecule has 3 N–H and O–H groups in total. The maximum atomic E-state index is 9.02. The zero-order valence-electron chi connectivity index (χ0n) is 11.6. The Kier molecular flexibility index (Phi) is 6.25. The van der Waals surface area contributed by atoms with Crippen LogP contribution < -0.4 is 5.73 Å². The molecule has 0 aromatic carbocycles. The van der Waals surface area contributed by atoms with E-state index in [1.165, 1.54) is 5.56 Å². The highest BCUT2D eigenvalue weighted by molar-refractivity contribution is 5.17. The highest BCUT2D eigenvalue weighted by Gasteiger charge is 2.25. The van der Waals surface area contributed by atoms with Crippen molar-refractivity contribution in [1.29, 1.82) is 0 Å². The first-order chi connectivity index (χ1) is 8.57. The lowest BCUT2D eigenvalue weighted by Crippen LogP contribution is -2.43. The molecular formula is C14H25N3O. The first-order valence-corrected chi connectivity index (χ1v) is 6.60. The lowest BCUT2D eigenvalue weighted by atomic mass is 9.98. The third kappa shape index (κ3) is 4.05. The standard InChI is InChI=1S/C14H25N3O/c1-11(2)17(9-4-10-18)14(12(3)15)13-5-7-16-8-6-13/h5-8,11-12,14,18H,4,9-10,15H2,1-3H3. The van der Waals surface area contributed by atoms with E-state index in [4.69, 9.17) is 10.8 Å². The molecule has 0 bridgehead atoms.